The van der Waals surface area contributed by atoms with Crippen molar-refractivity contribution >= 4 is 10.9 Å². The van der Waals surface area contributed by atoms with Crippen molar-refractivity contribution in [2.75, 3.05) is 6.54 Å². The Bertz CT molecular complexity index is 1020. The van der Waals surface area contributed by atoms with E-state index in [9.17, 15) is 10.1 Å². The Labute approximate surface area is 150 Å². The van der Waals surface area contributed by atoms with Gasteiger partial charge in [0.05, 0.1) is 6.26 Å². The molecule has 0 saturated heterocycles. The summed E-state index contributed by atoms with van der Waals surface area (Å²) in [6, 6.07) is 21.8. The van der Waals surface area contributed by atoms with Crippen molar-refractivity contribution in [1.82, 2.24) is 4.57 Å². The number of furan rings is 1. The molecule has 1 unspecified atom stereocenters. The van der Waals surface area contributed by atoms with Gasteiger partial charge < -0.3 is 8.98 Å². The maximum atomic E-state index is 11.3. The lowest BCUT2D eigenvalue weighted by Crippen LogP contribution is -2.13. The molecule has 0 bridgehead atoms. The van der Waals surface area contributed by atoms with Crippen molar-refractivity contribution in [3.63, 3.8) is 0 Å². The van der Waals surface area contributed by atoms with E-state index >= 15 is 0 Å². The summed E-state index contributed by atoms with van der Waals surface area (Å²) in [7, 11) is 0. The average Bonchev–Trinajstić information content (AvgIpc) is 3.30. The molecule has 1 atom stereocenters. The van der Waals surface area contributed by atoms with Crippen molar-refractivity contribution in [3.8, 4) is 0 Å². The van der Waals surface area contributed by atoms with Crippen LogP contribution in [-0.2, 0) is 6.54 Å². The third-order valence-electron chi connectivity index (χ3n) is 4.61. The molecule has 0 amide bonds. The van der Waals surface area contributed by atoms with E-state index in [2.05, 4.69) is 16.7 Å². The summed E-state index contributed by atoms with van der Waals surface area (Å²) in [5.41, 5.74) is 3.16. The fourth-order valence-corrected chi connectivity index (χ4v) is 3.44. The number of fused-ring (bicyclic) bond motifs is 1. The topological polar surface area (TPSA) is 61.2 Å². The van der Waals surface area contributed by atoms with Crippen LogP contribution < -0.4 is 0 Å². The molecule has 0 aliphatic rings. The van der Waals surface area contributed by atoms with Crippen LogP contribution in [0.4, 0.5) is 0 Å². The predicted molar refractivity (Wildman–Crippen MR) is 99.9 cm³/mol. The lowest BCUT2D eigenvalue weighted by Gasteiger charge is -2.09. The number of aromatic nitrogens is 1. The standard InChI is InChI=1S/C21H18N2O3/c24-23(25)15-19(21-11-6-12-26-21)18-14-22(13-16-7-2-1-3-8-16)20-10-5-4-9-17(18)20/h1-12,14,19H,13,15H2. The van der Waals surface area contributed by atoms with Gasteiger partial charge in [-0.1, -0.05) is 48.5 Å². The van der Waals surface area contributed by atoms with Gasteiger partial charge in [-0.05, 0) is 29.3 Å². The molecule has 0 N–H and O–H groups in total. The van der Waals surface area contributed by atoms with E-state index in [1.165, 1.54) is 5.56 Å². The molecular weight excluding hydrogens is 328 g/mol. The van der Waals surface area contributed by atoms with Crippen LogP contribution in [0.2, 0.25) is 0 Å². The molecule has 0 aliphatic carbocycles. The quantitative estimate of drug-likeness (QED) is 0.376. The van der Waals surface area contributed by atoms with Crippen molar-refractivity contribution < 1.29 is 9.34 Å². The summed E-state index contributed by atoms with van der Waals surface area (Å²) < 4.78 is 7.66. The number of hydrogen-bond acceptors (Lipinski definition) is 3. The first kappa shape index (κ1) is 16.1. The van der Waals surface area contributed by atoms with Crippen LogP contribution in [-0.4, -0.2) is 16.0 Å². The van der Waals surface area contributed by atoms with Gasteiger partial charge in [-0.3, -0.25) is 10.1 Å². The number of para-hydroxylation sites is 1. The molecule has 0 saturated carbocycles. The fraction of sp³-hybridized carbons (Fsp3) is 0.143. The van der Waals surface area contributed by atoms with Crippen molar-refractivity contribution in [2.45, 2.75) is 12.5 Å². The number of hydrogen-bond donors (Lipinski definition) is 0. The molecule has 0 radical (unpaired) electrons. The van der Waals surface area contributed by atoms with Gasteiger partial charge in [-0.2, -0.15) is 0 Å². The molecular formula is C21H18N2O3. The molecule has 0 spiro atoms. The third kappa shape index (κ3) is 3.11. The molecule has 4 rings (SSSR count). The lowest BCUT2D eigenvalue weighted by atomic mass is 9.96. The zero-order valence-corrected chi connectivity index (χ0v) is 14.1. The van der Waals surface area contributed by atoms with Crippen LogP contribution in [0.25, 0.3) is 10.9 Å². The molecule has 4 aromatic rings. The summed E-state index contributed by atoms with van der Waals surface area (Å²) >= 11 is 0. The Hall–Kier alpha value is -3.34. The largest absolute Gasteiger partial charge is 0.468 e. The van der Waals surface area contributed by atoms with Crippen molar-refractivity contribution in [3.05, 3.63) is 106 Å². The smallest absolute Gasteiger partial charge is 0.217 e. The summed E-state index contributed by atoms with van der Waals surface area (Å²) in [6.45, 7) is 0.511. The van der Waals surface area contributed by atoms with Crippen LogP contribution in [0.5, 0.6) is 0 Å². The Kier molecular flexibility index (Phi) is 4.27. The van der Waals surface area contributed by atoms with Gasteiger partial charge in [0, 0.05) is 28.6 Å². The molecule has 0 fully saturated rings. The Morgan fingerprint density at radius 1 is 1.00 bits per heavy atom. The average molecular weight is 346 g/mol. The maximum absolute atomic E-state index is 11.3. The Morgan fingerprint density at radius 2 is 1.77 bits per heavy atom. The summed E-state index contributed by atoms with van der Waals surface area (Å²) in [5, 5.41) is 12.3. The van der Waals surface area contributed by atoms with Gasteiger partial charge in [-0.25, -0.2) is 0 Å². The van der Waals surface area contributed by atoms with E-state index in [-0.39, 0.29) is 11.5 Å². The van der Waals surface area contributed by atoms with Crippen molar-refractivity contribution in [1.29, 1.82) is 0 Å². The fourth-order valence-electron chi connectivity index (χ4n) is 3.44. The summed E-state index contributed by atoms with van der Waals surface area (Å²) in [6.07, 6.45) is 3.58. The molecule has 2 aromatic heterocycles. The van der Waals surface area contributed by atoms with Crippen LogP contribution in [0.15, 0.2) is 83.6 Å². The molecule has 26 heavy (non-hydrogen) atoms. The van der Waals surface area contributed by atoms with Gasteiger partial charge in [0.2, 0.25) is 6.54 Å². The SMILES string of the molecule is O=[N+]([O-])CC(c1ccco1)c1cn(Cc2ccccc2)c2ccccc12. The van der Waals surface area contributed by atoms with E-state index in [1.807, 2.05) is 48.7 Å². The van der Waals surface area contributed by atoms with Gasteiger partial charge in [0.25, 0.3) is 0 Å². The highest BCUT2D eigenvalue weighted by atomic mass is 16.6. The highest BCUT2D eigenvalue weighted by Crippen LogP contribution is 2.33. The van der Waals surface area contributed by atoms with E-state index < -0.39 is 5.92 Å². The van der Waals surface area contributed by atoms with E-state index in [4.69, 9.17) is 4.42 Å². The molecule has 0 aliphatic heterocycles. The van der Waals surface area contributed by atoms with Crippen LogP contribution in [0.3, 0.4) is 0 Å². The number of nitrogens with zero attached hydrogens (tertiary/aromatic N) is 2. The Balaban J connectivity index is 1.83. The third-order valence-corrected chi connectivity index (χ3v) is 4.61. The minimum absolute atomic E-state index is 0.202. The normalized spacial score (nSPS) is 12.3. The molecule has 5 heteroatoms. The molecule has 5 nitrogen and oxygen atoms in total. The highest BCUT2D eigenvalue weighted by Gasteiger charge is 2.26. The molecule has 2 aromatic carbocycles. The van der Waals surface area contributed by atoms with E-state index in [1.54, 1.807) is 18.4 Å². The first-order valence-corrected chi connectivity index (χ1v) is 8.49. The summed E-state index contributed by atoms with van der Waals surface area (Å²) in [4.78, 5) is 11.0. The van der Waals surface area contributed by atoms with Gasteiger partial charge in [-0.15, -0.1) is 0 Å². The number of benzene rings is 2. The van der Waals surface area contributed by atoms with Crippen LogP contribution in [0, 0.1) is 10.1 Å². The lowest BCUT2D eigenvalue weighted by molar-refractivity contribution is -0.482. The minimum atomic E-state index is -0.415. The Morgan fingerprint density at radius 3 is 2.50 bits per heavy atom. The van der Waals surface area contributed by atoms with Crippen LogP contribution >= 0.6 is 0 Å². The first-order chi connectivity index (χ1) is 12.7. The summed E-state index contributed by atoms with van der Waals surface area (Å²) in [5.74, 6) is 0.200. The van der Waals surface area contributed by atoms with E-state index in [0.717, 1.165) is 16.5 Å². The first-order valence-electron chi connectivity index (χ1n) is 8.49. The molecule has 130 valence electrons. The minimum Gasteiger partial charge on any atom is -0.468 e. The van der Waals surface area contributed by atoms with Gasteiger partial charge >= 0.3 is 0 Å². The maximum Gasteiger partial charge on any atom is 0.217 e. The monoisotopic (exact) mass is 346 g/mol. The van der Waals surface area contributed by atoms with E-state index in [0.29, 0.717) is 12.3 Å². The van der Waals surface area contributed by atoms with Gasteiger partial charge in [0.1, 0.15) is 11.7 Å². The highest BCUT2D eigenvalue weighted by molar-refractivity contribution is 5.85. The second-order valence-corrected chi connectivity index (χ2v) is 6.30. The number of nitro groups is 1. The number of rotatable bonds is 6. The van der Waals surface area contributed by atoms with Gasteiger partial charge in [0.15, 0.2) is 0 Å². The van der Waals surface area contributed by atoms with Crippen LogP contribution in [0.1, 0.15) is 22.8 Å². The second kappa shape index (κ2) is 6.88. The zero-order valence-electron chi connectivity index (χ0n) is 14.1. The zero-order chi connectivity index (χ0) is 17.9. The second-order valence-electron chi connectivity index (χ2n) is 6.30. The molecule has 2 heterocycles. The predicted octanol–water partition coefficient (Wildman–Crippen LogP) is 4.69. The van der Waals surface area contributed by atoms with Crippen molar-refractivity contribution in [2.24, 2.45) is 0 Å².